The smallest absolute Gasteiger partial charge is 0.242 e. The molecule has 1 rings (SSSR count). The second kappa shape index (κ2) is 13.4. The van der Waals surface area contributed by atoms with Crippen molar-refractivity contribution < 1.29 is 9.59 Å². The molecule has 0 unspecified atom stereocenters. The fourth-order valence-electron chi connectivity index (χ4n) is 3.56. The van der Waals surface area contributed by atoms with Gasteiger partial charge in [-0.1, -0.05) is 52.9 Å². The molecule has 0 fully saturated rings. The van der Waals surface area contributed by atoms with Crippen LogP contribution in [0.2, 0.25) is 0 Å². The van der Waals surface area contributed by atoms with E-state index in [1.54, 1.807) is 4.90 Å². The first-order valence-corrected chi connectivity index (χ1v) is 11.4. The highest BCUT2D eigenvalue weighted by atomic mass is 16.2. The number of carbonyl (C=O) groups is 2. The standard InChI is InChI=1S/C24H43N3O2/c1-7-8-9-10-11-12-15-23(28)27(21(4)5)19-24(29)26(17-20(2)3)18-22-14-13-16-25(22)6/h13-14,16,20-21H,7-12,15,17-19H2,1-6H3. The Labute approximate surface area is 178 Å². The molecule has 5 nitrogen and oxygen atoms in total. The summed E-state index contributed by atoms with van der Waals surface area (Å²) in [7, 11) is 2.00. The quantitative estimate of drug-likeness (QED) is 0.409. The van der Waals surface area contributed by atoms with Crippen molar-refractivity contribution in [1.82, 2.24) is 14.4 Å². The summed E-state index contributed by atoms with van der Waals surface area (Å²) in [6.07, 6.45) is 9.50. The van der Waals surface area contributed by atoms with Gasteiger partial charge in [-0.25, -0.2) is 0 Å². The Bertz CT molecular complexity index is 607. The summed E-state index contributed by atoms with van der Waals surface area (Å²) in [5.41, 5.74) is 1.11. The molecule has 0 radical (unpaired) electrons. The zero-order chi connectivity index (χ0) is 21.8. The van der Waals surface area contributed by atoms with Crippen LogP contribution in [0.25, 0.3) is 0 Å². The van der Waals surface area contributed by atoms with Crippen molar-refractivity contribution in [3.8, 4) is 0 Å². The van der Waals surface area contributed by atoms with Crippen LogP contribution in [0.1, 0.15) is 85.3 Å². The van der Waals surface area contributed by atoms with Crippen LogP contribution in [0, 0.1) is 5.92 Å². The van der Waals surface area contributed by atoms with Gasteiger partial charge in [0, 0.05) is 37.9 Å². The number of nitrogens with zero attached hydrogens (tertiary/aromatic N) is 3. The summed E-state index contributed by atoms with van der Waals surface area (Å²) >= 11 is 0. The van der Waals surface area contributed by atoms with Crippen LogP contribution in [0.3, 0.4) is 0 Å². The van der Waals surface area contributed by atoms with Crippen molar-refractivity contribution in [2.24, 2.45) is 13.0 Å². The van der Waals surface area contributed by atoms with Crippen LogP contribution < -0.4 is 0 Å². The van der Waals surface area contributed by atoms with Gasteiger partial charge < -0.3 is 14.4 Å². The first-order valence-electron chi connectivity index (χ1n) is 11.4. The predicted octanol–water partition coefficient (Wildman–Crippen LogP) is 5.00. The zero-order valence-electron chi connectivity index (χ0n) is 19.6. The van der Waals surface area contributed by atoms with Crippen LogP contribution in [-0.2, 0) is 23.2 Å². The first kappa shape index (κ1) is 25.3. The third-order valence-corrected chi connectivity index (χ3v) is 5.34. The molecule has 0 aliphatic carbocycles. The average molecular weight is 406 g/mol. The summed E-state index contributed by atoms with van der Waals surface area (Å²) in [6.45, 7) is 11.9. The Morgan fingerprint density at radius 3 is 2.21 bits per heavy atom. The maximum atomic E-state index is 13.1. The van der Waals surface area contributed by atoms with Gasteiger partial charge in [-0.15, -0.1) is 0 Å². The minimum absolute atomic E-state index is 0.0301. The van der Waals surface area contributed by atoms with Crippen molar-refractivity contribution in [2.45, 2.75) is 92.2 Å². The average Bonchev–Trinajstić information content (AvgIpc) is 3.05. The van der Waals surface area contributed by atoms with Gasteiger partial charge in [0.05, 0.1) is 13.1 Å². The largest absolute Gasteiger partial charge is 0.353 e. The summed E-state index contributed by atoms with van der Waals surface area (Å²) in [5.74, 6) is 0.516. The molecule has 0 N–H and O–H groups in total. The van der Waals surface area contributed by atoms with Crippen LogP contribution in [0.5, 0.6) is 0 Å². The van der Waals surface area contributed by atoms with Gasteiger partial charge in [0.25, 0.3) is 0 Å². The summed E-state index contributed by atoms with van der Waals surface area (Å²) in [4.78, 5) is 29.5. The maximum absolute atomic E-state index is 13.1. The molecule has 1 heterocycles. The molecule has 0 saturated heterocycles. The van der Waals surface area contributed by atoms with Crippen molar-refractivity contribution in [2.75, 3.05) is 13.1 Å². The molecule has 1 aromatic rings. The van der Waals surface area contributed by atoms with E-state index in [0.717, 1.165) is 18.5 Å². The molecule has 1 aromatic heterocycles. The van der Waals surface area contributed by atoms with E-state index >= 15 is 0 Å². The Hall–Kier alpha value is -1.78. The monoisotopic (exact) mass is 405 g/mol. The van der Waals surface area contributed by atoms with Crippen LogP contribution in [0.15, 0.2) is 18.3 Å². The molecule has 0 atom stereocenters. The van der Waals surface area contributed by atoms with Crippen molar-refractivity contribution >= 4 is 11.8 Å². The molecule has 29 heavy (non-hydrogen) atoms. The minimum atomic E-state index is 0.0301. The molecule has 2 amide bonds. The maximum Gasteiger partial charge on any atom is 0.242 e. The third kappa shape index (κ3) is 9.51. The van der Waals surface area contributed by atoms with Gasteiger partial charge >= 0.3 is 0 Å². The summed E-state index contributed by atoms with van der Waals surface area (Å²) < 4.78 is 2.05. The van der Waals surface area contributed by atoms with E-state index in [1.165, 1.54) is 25.7 Å². The van der Waals surface area contributed by atoms with Gasteiger partial charge in [-0.2, -0.15) is 0 Å². The van der Waals surface area contributed by atoms with Crippen LogP contribution in [0.4, 0.5) is 0 Å². The summed E-state index contributed by atoms with van der Waals surface area (Å²) in [6, 6.07) is 4.07. The highest BCUT2D eigenvalue weighted by molar-refractivity contribution is 5.85. The van der Waals surface area contributed by atoms with E-state index in [1.807, 2.05) is 48.7 Å². The topological polar surface area (TPSA) is 45.6 Å². The molecule has 0 bridgehead atoms. The first-order chi connectivity index (χ1) is 13.8. The van der Waals surface area contributed by atoms with Crippen molar-refractivity contribution in [1.29, 1.82) is 0 Å². The SMILES string of the molecule is CCCCCCCCC(=O)N(CC(=O)N(Cc1cccn1C)CC(C)C)C(C)C. The molecule has 5 heteroatoms. The van der Waals surface area contributed by atoms with E-state index in [4.69, 9.17) is 0 Å². The third-order valence-electron chi connectivity index (χ3n) is 5.34. The molecule has 0 aliphatic heterocycles. The van der Waals surface area contributed by atoms with Gasteiger partial charge in [0.15, 0.2) is 0 Å². The molecule has 166 valence electrons. The predicted molar refractivity (Wildman–Crippen MR) is 121 cm³/mol. The molecular formula is C24H43N3O2. The number of rotatable bonds is 14. The lowest BCUT2D eigenvalue weighted by Gasteiger charge is -2.31. The number of unbranched alkanes of at least 4 members (excludes halogenated alkanes) is 5. The van der Waals surface area contributed by atoms with Crippen molar-refractivity contribution in [3.05, 3.63) is 24.0 Å². The zero-order valence-corrected chi connectivity index (χ0v) is 19.6. The van der Waals surface area contributed by atoms with E-state index in [0.29, 0.717) is 25.4 Å². The number of hydrogen-bond acceptors (Lipinski definition) is 2. The Balaban J connectivity index is 2.66. The van der Waals surface area contributed by atoms with Gasteiger partial charge in [0.2, 0.25) is 11.8 Å². The van der Waals surface area contributed by atoms with Gasteiger partial charge in [-0.3, -0.25) is 9.59 Å². The van der Waals surface area contributed by atoms with E-state index in [9.17, 15) is 9.59 Å². The Kier molecular flexibility index (Phi) is 11.7. The number of amides is 2. The lowest BCUT2D eigenvalue weighted by atomic mass is 10.1. The van der Waals surface area contributed by atoms with E-state index in [-0.39, 0.29) is 24.4 Å². The number of hydrogen-bond donors (Lipinski definition) is 0. The second-order valence-electron chi connectivity index (χ2n) is 8.91. The fraction of sp³-hybridized carbons (Fsp3) is 0.750. The number of aromatic nitrogens is 1. The molecule has 0 aromatic carbocycles. The minimum Gasteiger partial charge on any atom is -0.353 e. The highest BCUT2D eigenvalue weighted by Gasteiger charge is 2.24. The molecule has 0 saturated carbocycles. The normalized spacial score (nSPS) is 11.3. The lowest BCUT2D eigenvalue weighted by Crippen LogP contribution is -2.46. The van der Waals surface area contributed by atoms with Gasteiger partial charge in [-0.05, 0) is 38.3 Å². The molecule has 0 aliphatic rings. The number of carbonyl (C=O) groups excluding carboxylic acids is 2. The fourth-order valence-corrected chi connectivity index (χ4v) is 3.56. The van der Waals surface area contributed by atoms with Gasteiger partial charge in [0.1, 0.15) is 0 Å². The van der Waals surface area contributed by atoms with Crippen LogP contribution in [-0.4, -0.2) is 45.3 Å². The van der Waals surface area contributed by atoms with Crippen LogP contribution >= 0.6 is 0 Å². The number of aryl methyl sites for hydroxylation is 1. The van der Waals surface area contributed by atoms with Crippen molar-refractivity contribution in [3.63, 3.8) is 0 Å². The van der Waals surface area contributed by atoms with E-state index < -0.39 is 0 Å². The second-order valence-corrected chi connectivity index (χ2v) is 8.91. The molecular weight excluding hydrogens is 362 g/mol. The molecule has 0 spiro atoms. The summed E-state index contributed by atoms with van der Waals surface area (Å²) in [5, 5.41) is 0. The van der Waals surface area contributed by atoms with E-state index in [2.05, 4.69) is 20.8 Å². The lowest BCUT2D eigenvalue weighted by molar-refractivity contribution is -0.142. The highest BCUT2D eigenvalue weighted by Crippen LogP contribution is 2.13. The Morgan fingerprint density at radius 2 is 1.66 bits per heavy atom. The Morgan fingerprint density at radius 1 is 1.00 bits per heavy atom.